The molecule has 0 aliphatic rings. The monoisotopic (exact) mass is 383 g/mol. The van der Waals surface area contributed by atoms with Crippen molar-refractivity contribution in [2.45, 2.75) is 18.7 Å². The molecule has 6 nitrogen and oxygen atoms in total. The minimum atomic E-state index is -3.76. The van der Waals surface area contributed by atoms with Crippen molar-refractivity contribution in [3.63, 3.8) is 0 Å². The van der Waals surface area contributed by atoms with Crippen molar-refractivity contribution in [2.24, 2.45) is 0 Å². The zero-order valence-electron chi connectivity index (χ0n) is 14.0. The van der Waals surface area contributed by atoms with Gasteiger partial charge in [-0.2, -0.15) is 0 Å². The van der Waals surface area contributed by atoms with Gasteiger partial charge in [0.25, 0.3) is 10.0 Å². The number of aryl methyl sites for hydroxylation is 2. The number of methoxy groups -OCH3 is 1. The number of esters is 1. The Morgan fingerprint density at radius 2 is 1.84 bits per heavy atom. The Hall–Kier alpha value is -2.25. The maximum absolute atomic E-state index is 12.6. The lowest BCUT2D eigenvalue weighted by Crippen LogP contribution is -2.15. The highest BCUT2D eigenvalue weighted by atomic mass is 35.5. The van der Waals surface area contributed by atoms with Gasteiger partial charge >= 0.3 is 5.97 Å². The van der Waals surface area contributed by atoms with Gasteiger partial charge in [-0.1, -0.05) is 11.6 Å². The molecule has 0 saturated carbocycles. The summed E-state index contributed by atoms with van der Waals surface area (Å²) in [7, 11) is -2.50. The number of halogens is 1. The third kappa shape index (κ3) is 4.87. The molecule has 0 aliphatic carbocycles. The fourth-order valence-electron chi connectivity index (χ4n) is 2.09. The van der Waals surface area contributed by atoms with Crippen molar-refractivity contribution in [3.8, 4) is 5.75 Å². The smallest absolute Gasteiger partial charge is 0.343 e. The highest BCUT2D eigenvalue weighted by Gasteiger charge is 2.17. The van der Waals surface area contributed by atoms with E-state index in [1.165, 1.54) is 25.3 Å². The van der Waals surface area contributed by atoms with Crippen molar-refractivity contribution in [1.82, 2.24) is 0 Å². The van der Waals surface area contributed by atoms with Crippen LogP contribution in [-0.2, 0) is 19.6 Å². The Bertz CT molecular complexity index is 896. The fourth-order valence-corrected chi connectivity index (χ4v) is 3.53. The van der Waals surface area contributed by atoms with Crippen LogP contribution in [0, 0.1) is 13.8 Å². The molecule has 0 unspecified atom stereocenters. The predicted octanol–water partition coefficient (Wildman–Crippen LogP) is 3.31. The van der Waals surface area contributed by atoms with Crippen LogP contribution in [-0.4, -0.2) is 28.1 Å². The molecule has 0 heterocycles. The van der Waals surface area contributed by atoms with Gasteiger partial charge in [0.2, 0.25) is 0 Å². The second-order valence-corrected chi connectivity index (χ2v) is 7.48. The van der Waals surface area contributed by atoms with E-state index in [1.54, 1.807) is 32.0 Å². The molecule has 0 amide bonds. The number of rotatable bonds is 6. The van der Waals surface area contributed by atoms with Crippen molar-refractivity contribution in [1.29, 1.82) is 0 Å². The van der Waals surface area contributed by atoms with Gasteiger partial charge in [-0.15, -0.1) is 0 Å². The van der Waals surface area contributed by atoms with E-state index >= 15 is 0 Å². The largest absolute Gasteiger partial charge is 0.482 e. The highest BCUT2D eigenvalue weighted by molar-refractivity contribution is 7.92. The number of nitrogens with one attached hydrogen (secondary N) is 1. The molecule has 0 fully saturated rings. The Morgan fingerprint density at radius 3 is 2.44 bits per heavy atom. The van der Waals surface area contributed by atoms with Gasteiger partial charge < -0.3 is 9.47 Å². The van der Waals surface area contributed by atoms with Crippen LogP contribution in [0.25, 0.3) is 0 Å². The molecule has 2 aromatic rings. The molecule has 134 valence electrons. The lowest BCUT2D eigenvalue weighted by atomic mass is 10.2. The summed E-state index contributed by atoms with van der Waals surface area (Å²) in [6, 6.07) is 9.28. The van der Waals surface area contributed by atoms with E-state index in [0.717, 1.165) is 0 Å². The fraction of sp³-hybridized carbons (Fsp3) is 0.235. The summed E-state index contributed by atoms with van der Waals surface area (Å²) >= 11 is 5.88. The van der Waals surface area contributed by atoms with Crippen LogP contribution >= 0.6 is 11.6 Å². The van der Waals surface area contributed by atoms with Crippen LogP contribution in [0.2, 0.25) is 5.02 Å². The highest BCUT2D eigenvalue weighted by Crippen LogP contribution is 2.26. The molecule has 0 bridgehead atoms. The molecule has 0 aliphatic heterocycles. The number of anilines is 1. The average molecular weight is 384 g/mol. The lowest BCUT2D eigenvalue weighted by molar-refractivity contribution is -0.142. The van der Waals surface area contributed by atoms with Crippen LogP contribution in [0.15, 0.2) is 41.3 Å². The summed E-state index contributed by atoms with van der Waals surface area (Å²) < 4.78 is 37.4. The lowest BCUT2D eigenvalue weighted by Gasteiger charge is -2.13. The summed E-state index contributed by atoms with van der Waals surface area (Å²) in [6.07, 6.45) is 0. The van der Waals surface area contributed by atoms with E-state index in [0.29, 0.717) is 27.6 Å². The number of benzene rings is 2. The van der Waals surface area contributed by atoms with Gasteiger partial charge in [-0.05, 0) is 61.4 Å². The van der Waals surface area contributed by atoms with E-state index in [2.05, 4.69) is 9.46 Å². The average Bonchev–Trinajstić information content (AvgIpc) is 2.55. The van der Waals surface area contributed by atoms with Crippen LogP contribution < -0.4 is 9.46 Å². The SMILES string of the molecule is COC(=O)COc1ccc(S(=O)(=O)Nc2ccc(Cl)cc2C)cc1C. The number of carbonyl (C=O) groups excluding carboxylic acids is 1. The van der Waals surface area contributed by atoms with Gasteiger partial charge in [0.05, 0.1) is 17.7 Å². The van der Waals surface area contributed by atoms with E-state index in [-0.39, 0.29) is 11.5 Å². The molecule has 2 rings (SSSR count). The van der Waals surface area contributed by atoms with Crippen molar-refractivity contribution >= 4 is 33.3 Å². The molecule has 0 atom stereocenters. The van der Waals surface area contributed by atoms with E-state index in [4.69, 9.17) is 16.3 Å². The quantitative estimate of drug-likeness (QED) is 0.774. The van der Waals surface area contributed by atoms with Crippen molar-refractivity contribution < 1.29 is 22.7 Å². The maximum atomic E-state index is 12.6. The Kier molecular flexibility index (Phi) is 5.92. The van der Waals surface area contributed by atoms with Gasteiger partial charge in [-0.3, -0.25) is 4.72 Å². The molecule has 0 radical (unpaired) electrons. The van der Waals surface area contributed by atoms with Crippen LogP contribution in [0.4, 0.5) is 5.69 Å². The minimum absolute atomic E-state index is 0.0877. The van der Waals surface area contributed by atoms with Gasteiger partial charge in [0.1, 0.15) is 5.75 Å². The number of ether oxygens (including phenoxy) is 2. The van der Waals surface area contributed by atoms with Crippen molar-refractivity contribution in [3.05, 3.63) is 52.5 Å². The number of sulfonamides is 1. The first-order chi connectivity index (χ1) is 11.7. The summed E-state index contributed by atoms with van der Waals surface area (Å²) in [5.74, 6) is -0.108. The zero-order chi connectivity index (χ0) is 18.6. The molecular weight excluding hydrogens is 366 g/mol. The summed E-state index contributed by atoms with van der Waals surface area (Å²) in [6.45, 7) is 3.21. The first-order valence-corrected chi connectivity index (χ1v) is 9.18. The van der Waals surface area contributed by atoms with Crippen LogP contribution in [0.5, 0.6) is 5.75 Å². The molecule has 0 aromatic heterocycles. The van der Waals surface area contributed by atoms with Crippen LogP contribution in [0.3, 0.4) is 0 Å². The molecule has 25 heavy (non-hydrogen) atoms. The Balaban J connectivity index is 2.22. The third-order valence-electron chi connectivity index (χ3n) is 3.46. The topological polar surface area (TPSA) is 81.7 Å². The number of hydrogen-bond donors (Lipinski definition) is 1. The van der Waals surface area contributed by atoms with E-state index < -0.39 is 16.0 Å². The maximum Gasteiger partial charge on any atom is 0.343 e. The Labute approximate surface area is 151 Å². The summed E-state index contributed by atoms with van der Waals surface area (Å²) in [5.41, 5.74) is 1.75. The Morgan fingerprint density at radius 1 is 1.12 bits per heavy atom. The van der Waals surface area contributed by atoms with Gasteiger partial charge in [-0.25, -0.2) is 13.2 Å². The van der Waals surface area contributed by atoms with E-state index in [1.807, 2.05) is 0 Å². The number of carbonyl (C=O) groups is 1. The predicted molar refractivity (Wildman–Crippen MR) is 95.7 cm³/mol. The van der Waals surface area contributed by atoms with E-state index in [9.17, 15) is 13.2 Å². The molecule has 8 heteroatoms. The molecule has 2 aromatic carbocycles. The van der Waals surface area contributed by atoms with Crippen LogP contribution in [0.1, 0.15) is 11.1 Å². The second kappa shape index (κ2) is 7.76. The normalized spacial score (nSPS) is 11.0. The summed E-state index contributed by atoms with van der Waals surface area (Å²) in [5, 5.41) is 0.531. The number of hydrogen-bond acceptors (Lipinski definition) is 5. The zero-order valence-corrected chi connectivity index (χ0v) is 15.6. The van der Waals surface area contributed by atoms with Gasteiger partial charge in [0, 0.05) is 5.02 Å². The summed E-state index contributed by atoms with van der Waals surface area (Å²) in [4.78, 5) is 11.2. The van der Waals surface area contributed by atoms with Crippen molar-refractivity contribution in [2.75, 3.05) is 18.4 Å². The standard InChI is InChI=1S/C17H18ClNO5S/c1-11-8-13(18)4-6-15(11)19-25(21,22)14-5-7-16(12(2)9-14)24-10-17(20)23-3/h4-9,19H,10H2,1-3H3. The molecule has 1 N–H and O–H groups in total. The molecular formula is C17H18ClNO5S. The van der Waals surface area contributed by atoms with Gasteiger partial charge in [0.15, 0.2) is 6.61 Å². The second-order valence-electron chi connectivity index (χ2n) is 5.36. The third-order valence-corrected chi connectivity index (χ3v) is 5.06. The minimum Gasteiger partial charge on any atom is -0.482 e. The first-order valence-electron chi connectivity index (χ1n) is 7.32. The first kappa shape index (κ1) is 19.1. The molecule has 0 spiro atoms. The molecule has 0 saturated heterocycles.